The van der Waals surface area contributed by atoms with Crippen molar-refractivity contribution in [3.8, 4) is 46.6 Å². The van der Waals surface area contributed by atoms with Crippen LogP contribution in [0.4, 0.5) is 11.4 Å². The minimum absolute atomic E-state index is 0. The normalized spacial score (nSPS) is 11.0. The molecular formula is C109H133Cl5I3N15O13S. The number of ether oxygens (including phenoxy) is 6. The molecule has 0 aliphatic heterocycles. The molecule has 0 aliphatic rings. The minimum Gasteiger partial charge on any atom is -1.00 e. The monoisotopic (exact) mass is 2450 g/mol. The van der Waals surface area contributed by atoms with Crippen molar-refractivity contribution in [1.82, 2.24) is 40.5 Å². The number of para-hydroxylation sites is 2. The number of methoxy groups -OCH3 is 2. The number of carbonyl (C=O) groups excluding carboxylic acids is 4. The number of aromatic carboxylic acids is 1. The number of nitrogens with zero attached hydrogens (tertiary/aromatic N) is 11. The van der Waals surface area contributed by atoms with Crippen molar-refractivity contribution in [2.45, 2.75) is 117 Å². The van der Waals surface area contributed by atoms with Crippen LogP contribution in [0, 0.1) is 22.7 Å². The Morgan fingerprint density at radius 2 is 1.14 bits per heavy atom. The van der Waals surface area contributed by atoms with Gasteiger partial charge in [-0.25, -0.2) is 24.2 Å². The number of likely N-dealkylation sites (N-methyl/N-ethyl adjacent to an activating group) is 3. The van der Waals surface area contributed by atoms with E-state index in [9.17, 15) is 24.0 Å². The predicted molar refractivity (Wildman–Crippen MR) is 571 cm³/mol. The van der Waals surface area contributed by atoms with E-state index in [1.807, 2.05) is 148 Å². The number of benzene rings is 9. The lowest BCUT2D eigenvalue weighted by molar-refractivity contribution is -0.923. The first-order valence-electron chi connectivity index (χ1n) is 47.3. The average molecular weight is 2450 g/mol. The number of hydrogen-bond acceptors (Lipinski definition) is 20. The Balaban J connectivity index is 0.000000369. The first-order chi connectivity index (χ1) is 68.9. The molecular weight excluding hydrogens is 2320 g/mol. The maximum absolute atomic E-state index is 12.0. The number of nitrogens with one attached hydrogen (secondary N) is 4. The van der Waals surface area contributed by atoms with Crippen molar-refractivity contribution < 1.29 is 147 Å². The third-order valence-corrected chi connectivity index (χ3v) is 27.0. The summed E-state index contributed by atoms with van der Waals surface area (Å²) in [6.07, 6.45) is 13.0. The SMILES string of the molecule is CC[N+](CC)(CC)CCOc1cccc(OCC[N+](CC)(CC)CC)c1OCC[N+](CC)(CC)CC.CN(C(=O)C(Cl)Cl)c1ccc(OC(=O)c2ccco2)cc1.CNNCc1ccc(C(=O)NC(C)C)cc1.COc1ccc(/C=C/C(=O)Nc2ccccc2C(=O)O)cc1OC.Clc1ccc(CSC(Cn2ccnc2)c2ccc(Cl)cc2Cl)cc1.N#Cc1ccc(C(c2ccc(C#N)cc2)n2cncn2)cc1.[I-].[I-].[I-]. The number of furan rings is 1. The van der Waals surface area contributed by atoms with E-state index in [4.69, 9.17) is 106 Å². The zero-order chi connectivity index (χ0) is 104. The Labute approximate surface area is 939 Å². The summed E-state index contributed by atoms with van der Waals surface area (Å²) >= 11 is 31.3. The number of nitriles is 2. The van der Waals surface area contributed by atoms with Crippen LogP contribution in [0.15, 0.2) is 260 Å². The molecule has 146 heavy (non-hydrogen) atoms. The second-order valence-electron chi connectivity index (χ2n) is 33.0. The number of halogens is 8. The lowest BCUT2D eigenvalue weighted by Gasteiger charge is -2.36. The molecule has 28 nitrogen and oxygen atoms in total. The molecule has 5 N–H and O–H groups in total. The zero-order valence-electron chi connectivity index (χ0n) is 85.1. The van der Waals surface area contributed by atoms with Crippen LogP contribution in [0.3, 0.4) is 0 Å². The van der Waals surface area contributed by atoms with Gasteiger partial charge in [-0.15, -0.1) is 11.8 Å². The van der Waals surface area contributed by atoms with E-state index in [0.717, 1.165) is 161 Å². The molecule has 0 spiro atoms. The summed E-state index contributed by atoms with van der Waals surface area (Å²) in [7, 11) is 6.44. The molecule has 12 rings (SSSR count). The van der Waals surface area contributed by atoms with Gasteiger partial charge in [0.05, 0.1) is 120 Å². The van der Waals surface area contributed by atoms with Gasteiger partial charge in [0, 0.05) is 82.0 Å². The van der Waals surface area contributed by atoms with Crippen LogP contribution >= 0.6 is 69.8 Å². The summed E-state index contributed by atoms with van der Waals surface area (Å²) in [5, 5.41) is 38.8. The molecule has 1 atom stereocenters. The van der Waals surface area contributed by atoms with Gasteiger partial charge in [0.25, 0.3) is 11.8 Å². The van der Waals surface area contributed by atoms with E-state index in [1.165, 1.54) is 54.4 Å². The number of carboxylic acids is 1. The van der Waals surface area contributed by atoms with Gasteiger partial charge >= 0.3 is 11.9 Å². The van der Waals surface area contributed by atoms with E-state index in [2.05, 4.69) is 116 Å². The summed E-state index contributed by atoms with van der Waals surface area (Å²) in [6, 6.07) is 67.1. The number of esters is 1. The molecule has 0 radical (unpaired) electrons. The fourth-order valence-corrected chi connectivity index (χ4v) is 17.3. The highest BCUT2D eigenvalue weighted by molar-refractivity contribution is 7.98. The number of hydrazine groups is 1. The number of imidazole rings is 1. The number of thioether (sulfide) groups is 1. The molecule has 9 aromatic carbocycles. The molecule has 0 fully saturated rings. The number of rotatable bonds is 45. The fourth-order valence-electron chi connectivity index (χ4n) is 15.0. The number of hydrogen-bond donors (Lipinski definition) is 5. The van der Waals surface area contributed by atoms with Crippen molar-refractivity contribution in [1.29, 1.82) is 10.5 Å². The van der Waals surface area contributed by atoms with Crippen LogP contribution in [-0.2, 0) is 28.4 Å². The molecule has 3 heterocycles. The molecule has 3 aromatic heterocycles. The summed E-state index contributed by atoms with van der Waals surface area (Å²) in [4.78, 5) is 66.4. The van der Waals surface area contributed by atoms with Gasteiger partial charge < -0.3 is 143 Å². The minimum atomic E-state index is -1.13. The molecule has 784 valence electrons. The quantitative estimate of drug-likeness (QED) is 0.00450. The molecule has 0 saturated heterocycles. The van der Waals surface area contributed by atoms with Crippen LogP contribution in [0.2, 0.25) is 15.1 Å². The van der Waals surface area contributed by atoms with Gasteiger partial charge in [-0.05, 0) is 256 Å². The molecule has 0 aliphatic carbocycles. The Morgan fingerprint density at radius 3 is 1.61 bits per heavy atom. The Bertz CT molecular complexity index is 5840. The second-order valence-corrected chi connectivity index (χ2v) is 36.6. The van der Waals surface area contributed by atoms with Gasteiger partial charge in [0.2, 0.25) is 17.4 Å². The summed E-state index contributed by atoms with van der Waals surface area (Å²) in [5.74, 6) is 2.23. The third kappa shape index (κ3) is 41.5. The Kier molecular flexibility index (Phi) is 59.6. The van der Waals surface area contributed by atoms with Crippen molar-refractivity contribution in [2.75, 3.05) is 137 Å². The van der Waals surface area contributed by atoms with Crippen LogP contribution < -0.4 is 127 Å². The average Bonchev–Trinajstić information content (AvgIpc) is 1.54. The summed E-state index contributed by atoms with van der Waals surface area (Å²) in [5.41, 5.74) is 14.8. The van der Waals surface area contributed by atoms with E-state index in [1.54, 1.807) is 128 Å². The molecule has 0 saturated carbocycles. The van der Waals surface area contributed by atoms with Gasteiger partial charge in [-0.2, -0.15) is 15.6 Å². The molecule has 1 unspecified atom stereocenters. The molecule has 0 bridgehead atoms. The van der Waals surface area contributed by atoms with Crippen LogP contribution in [0.25, 0.3) is 6.08 Å². The Morgan fingerprint density at radius 1 is 0.596 bits per heavy atom. The number of aromatic nitrogens is 5. The van der Waals surface area contributed by atoms with Gasteiger partial charge in [0.15, 0.2) is 27.8 Å². The molecule has 12 aromatic rings. The maximum Gasteiger partial charge on any atom is 0.379 e. The van der Waals surface area contributed by atoms with Crippen LogP contribution in [-0.4, -0.2) is 210 Å². The zero-order valence-corrected chi connectivity index (χ0v) is 96.1. The highest BCUT2D eigenvalue weighted by Crippen LogP contribution is 2.41. The highest BCUT2D eigenvalue weighted by atomic mass is 127. The maximum atomic E-state index is 12.0. The first-order valence-corrected chi connectivity index (χ1v) is 50.4. The largest absolute Gasteiger partial charge is 1.00 e. The van der Waals surface area contributed by atoms with Crippen molar-refractivity contribution >= 4 is 117 Å². The summed E-state index contributed by atoms with van der Waals surface area (Å²) < 4.78 is 46.6. The van der Waals surface area contributed by atoms with Crippen molar-refractivity contribution in [2.24, 2.45) is 0 Å². The number of quaternary nitrogens is 3. The standard InChI is InChI=1S/C30H60N3O3.C18H15Cl3N2S.C18H17NO5.C17H11N5.C14H11Cl2NO4.C12H19N3O.3HI/c1-10-31(11-2,12-3)22-25-34-28-20-19-21-29(35-26-23-32(13-4,14-5)15-6)30(28)36-27-24-33(16-7,17-8)18-9;19-14-3-1-13(2-4-14)11-24-18(10-23-8-7-22-12-23)16-6-5-15(20)9-17(16)21;1-23-15-9-7-12(11-16(15)24-2)8-10-17(20)19-14-6-4-3-5-13(14)18(21)22;18-9-13-1-5-15(6-2-13)17(22-12-20-11-21-22)16-7-3-14(10-19)4-8-16;1-17(13(18)12(15)16)9-4-6-10(7-5-9)21-14(19)11-3-2-8-20-11;1-9(2)15-12(16)11-6-4-10(5-7-11)8-14-13-3;;;/h19-21H,10-18,22-27H2,1-9H3;1-9,12,18H,10-11H2;3-11H,1-2H3,(H,19,20)(H,21,22);1-8,11-12,17H;2-8,12H,1H3;4-7,9,13-14H,8H2,1-3H3,(H,15,16);3*1H/q+3;;;;;;;;/p-3/b;;10-8+;;;;;;. The lowest BCUT2D eigenvalue weighted by Crippen LogP contribution is -3.00. The molecule has 37 heteroatoms. The number of alkyl halides is 2. The number of anilines is 2. The van der Waals surface area contributed by atoms with Gasteiger partial charge in [-0.1, -0.05) is 137 Å². The predicted octanol–water partition coefficient (Wildman–Crippen LogP) is 13.0. The van der Waals surface area contributed by atoms with Gasteiger partial charge in [0.1, 0.15) is 63.9 Å². The van der Waals surface area contributed by atoms with Crippen LogP contribution in [0.1, 0.15) is 163 Å². The molecule has 3 amide bonds. The summed E-state index contributed by atoms with van der Waals surface area (Å²) in [6.45, 7) is 41.0. The Hall–Kier alpha value is -10.5. The van der Waals surface area contributed by atoms with Crippen LogP contribution in [0.5, 0.6) is 34.5 Å². The van der Waals surface area contributed by atoms with Gasteiger partial charge in [-0.3, -0.25) is 25.2 Å². The van der Waals surface area contributed by atoms with E-state index >= 15 is 0 Å². The van der Waals surface area contributed by atoms with Crippen molar-refractivity contribution in [3.63, 3.8) is 0 Å². The first kappa shape index (κ1) is 128. The topological polar surface area (TPSA) is 322 Å². The highest BCUT2D eigenvalue weighted by Gasteiger charge is 2.28. The fraction of sp³-hybridized carbons (Fsp3) is 0.339. The van der Waals surface area contributed by atoms with Crippen molar-refractivity contribution in [3.05, 3.63) is 333 Å². The van der Waals surface area contributed by atoms with E-state index in [-0.39, 0.29) is 112 Å². The number of carbonyl (C=O) groups is 5. The van der Waals surface area contributed by atoms with E-state index < -0.39 is 28.6 Å². The second kappa shape index (κ2) is 68.2. The lowest BCUT2D eigenvalue weighted by atomic mass is 9.97. The smallest absolute Gasteiger partial charge is 0.379 e. The number of carboxylic acid groups (broad SMARTS) is 1. The van der Waals surface area contributed by atoms with E-state index in [0.29, 0.717) is 69.5 Å². The third-order valence-electron chi connectivity index (χ3n) is 24.5. The number of amides is 3.